The van der Waals surface area contributed by atoms with Crippen LogP contribution in [0.3, 0.4) is 0 Å². The highest BCUT2D eigenvalue weighted by atomic mass is 16.7. The number of amides is 1. The van der Waals surface area contributed by atoms with E-state index in [0.29, 0.717) is 5.75 Å². The van der Waals surface area contributed by atoms with Crippen LogP contribution in [0.4, 0.5) is 0 Å². The normalized spacial score (nSPS) is 25.5. The predicted molar refractivity (Wildman–Crippen MR) is 101 cm³/mol. The molecule has 1 heterocycles. The van der Waals surface area contributed by atoms with Gasteiger partial charge < -0.3 is 29.0 Å². The Bertz CT molecular complexity index is 767. The van der Waals surface area contributed by atoms with Gasteiger partial charge in [-0.1, -0.05) is 18.2 Å². The van der Waals surface area contributed by atoms with Crippen molar-refractivity contribution in [3.05, 3.63) is 30.3 Å². The van der Waals surface area contributed by atoms with Crippen molar-refractivity contribution in [2.45, 2.75) is 58.3 Å². The molecule has 164 valence electrons. The molecule has 0 bridgehead atoms. The van der Waals surface area contributed by atoms with Crippen LogP contribution in [-0.2, 0) is 38.1 Å². The second kappa shape index (κ2) is 10.6. The second-order valence-corrected chi connectivity index (χ2v) is 6.65. The summed E-state index contributed by atoms with van der Waals surface area (Å²) in [6.07, 6.45) is -4.45. The third-order valence-corrected chi connectivity index (χ3v) is 4.07. The van der Waals surface area contributed by atoms with Gasteiger partial charge in [0.15, 0.2) is 12.2 Å². The lowest BCUT2D eigenvalue weighted by molar-refractivity contribution is -0.257. The molecule has 5 atom stereocenters. The molecule has 1 saturated heterocycles. The first-order valence-corrected chi connectivity index (χ1v) is 9.29. The fourth-order valence-corrected chi connectivity index (χ4v) is 3.02. The SMILES string of the molecule is CC(=O)N[C@@H]1[C@H](Oc2ccccc2)O[C@H](COC(C)=O)[C@H](OC(C)=O)[C@@H]1OC(C)=O. The van der Waals surface area contributed by atoms with Crippen molar-refractivity contribution in [1.29, 1.82) is 0 Å². The Hall–Kier alpha value is -3.14. The van der Waals surface area contributed by atoms with Crippen molar-refractivity contribution >= 4 is 23.8 Å². The fourth-order valence-electron chi connectivity index (χ4n) is 3.02. The molecule has 1 amide bonds. The molecule has 0 aromatic heterocycles. The molecule has 1 fully saturated rings. The van der Waals surface area contributed by atoms with Crippen LogP contribution >= 0.6 is 0 Å². The van der Waals surface area contributed by atoms with E-state index in [1.165, 1.54) is 27.7 Å². The summed E-state index contributed by atoms with van der Waals surface area (Å²) < 4.78 is 27.5. The molecular formula is C20H25NO9. The molecule has 0 aliphatic carbocycles. The van der Waals surface area contributed by atoms with Gasteiger partial charge in [0.05, 0.1) is 0 Å². The Kier molecular flexibility index (Phi) is 8.16. The summed E-state index contributed by atoms with van der Waals surface area (Å²) in [5.41, 5.74) is 0. The summed E-state index contributed by atoms with van der Waals surface area (Å²) in [6, 6.07) is 7.62. The van der Waals surface area contributed by atoms with Gasteiger partial charge in [0.2, 0.25) is 12.2 Å². The lowest BCUT2D eigenvalue weighted by Gasteiger charge is -2.44. The van der Waals surface area contributed by atoms with Crippen molar-refractivity contribution < 1.29 is 42.9 Å². The van der Waals surface area contributed by atoms with E-state index in [2.05, 4.69) is 5.32 Å². The Morgan fingerprint density at radius 3 is 2.03 bits per heavy atom. The minimum Gasteiger partial charge on any atom is -0.463 e. The van der Waals surface area contributed by atoms with E-state index in [1.807, 2.05) is 0 Å². The van der Waals surface area contributed by atoms with Gasteiger partial charge in [0.1, 0.15) is 24.5 Å². The highest BCUT2D eigenvalue weighted by molar-refractivity contribution is 5.73. The maximum absolute atomic E-state index is 11.8. The molecular weight excluding hydrogens is 398 g/mol. The molecule has 0 saturated carbocycles. The van der Waals surface area contributed by atoms with Crippen LogP contribution in [0.25, 0.3) is 0 Å². The van der Waals surface area contributed by atoms with E-state index in [4.69, 9.17) is 23.7 Å². The Balaban J connectivity index is 2.42. The van der Waals surface area contributed by atoms with E-state index in [0.717, 1.165) is 0 Å². The molecule has 0 spiro atoms. The van der Waals surface area contributed by atoms with Gasteiger partial charge in [-0.25, -0.2) is 0 Å². The molecule has 0 radical (unpaired) electrons. The molecule has 10 nitrogen and oxygen atoms in total. The highest BCUT2D eigenvalue weighted by Gasteiger charge is 2.51. The Labute approximate surface area is 173 Å². The first kappa shape index (κ1) is 23.1. The van der Waals surface area contributed by atoms with Crippen molar-refractivity contribution in [1.82, 2.24) is 5.32 Å². The van der Waals surface area contributed by atoms with Crippen LogP contribution in [-0.4, -0.2) is 61.1 Å². The molecule has 1 aromatic rings. The number of para-hydroxylation sites is 1. The number of nitrogens with one attached hydrogen (secondary N) is 1. The lowest BCUT2D eigenvalue weighted by atomic mass is 9.96. The van der Waals surface area contributed by atoms with Gasteiger partial charge in [-0.3, -0.25) is 19.2 Å². The van der Waals surface area contributed by atoms with Gasteiger partial charge in [0, 0.05) is 27.7 Å². The third kappa shape index (κ3) is 6.73. The van der Waals surface area contributed by atoms with Crippen LogP contribution in [0.2, 0.25) is 0 Å². The number of hydrogen-bond donors (Lipinski definition) is 1. The van der Waals surface area contributed by atoms with Gasteiger partial charge in [-0.15, -0.1) is 0 Å². The zero-order valence-corrected chi connectivity index (χ0v) is 17.2. The molecule has 2 rings (SSSR count). The van der Waals surface area contributed by atoms with E-state index in [1.54, 1.807) is 30.3 Å². The number of carbonyl (C=O) groups excluding carboxylic acids is 4. The number of hydrogen-bond acceptors (Lipinski definition) is 9. The van der Waals surface area contributed by atoms with Crippen LogP contribution in [0.5, 0.6) is 5.75 Å². The zero-order chi connectivity index (χ0) is 22.3. The first-order chi connectivity index (χ1) is 14.2. The van der Waals surface area contributed by atoms with Gasteiger partial charge >= 0.3 is 17.9 Å². The molecule has 30 heavy (non-hydrogen) atoms. The topological polar surface area (TPSA) is 126 Å². The quantitative estimate of drug-likeness (QED) is 0.498. The van der Waals surface area contributed by atoms with Crippen molar-refractivity contribution in [3.8, 4) is 5.75 Å². The second-order valence-electron chi connectivity index (χ2n) is 6.65. The summed E-state index contributed by atoms with van der Waals surface area (Å²) in [6.45, 7) is 4.56. The summed E-state index contributed by atoms with van der Waals surface area (Å²) in [5, 5.41) is 2.63. The monoisotopic (exact) mass is 423 g/mol. The van der Waals surface area contributed by atoms with Crippen LogP contribution in [0.1, 0.15) is 27.7 Å². The summed E-state index contributed by atoms with van der Waals surface area (Å²) in [4.78, 5) is 46.6. The standard InChI is InChI=1S/C20H25NO9/c1-11(22)21-17-19(28-14(4)25)18(27-13(3)24)16(10-26-12(2)23)30-20(17)29-15-8-6-5-7-9-15/h5-9,16-20H,10H2,1-4H3,(H,21,22)/t16-,17+,18+,19-,20-/m1/s1. The highest BCUT2D eigenvalue weighted by Crippen LogP contribution is 2.29. The summed E-state index contributed by atoms with van der Waals surface area (Å²) in [5.74, 6) is -1.93. The van der Waals surface area contributed by atoms with Gasteiger partial charge in [-0.05, 0) is 12.1 Å². The van der Waals surface area contributed by atoms with Crippen LogP contribution < -0.4 is 10.1 Å². The number of esters is 3. The third-order valence-electron chi connectivity index (χ3n) is 4.07. The smallest absolute Gasteiger partial charge is 0.303 e. The minimum absolute atomic E-state index is 0.285. The van der Waals surface area contributed by atoms with E-state index < -0.39 is 54.5 Å². The summed E-state index contributed by atoms with van der Waals surface area (Å²) >= 11 is 0. The minimum atomic E-state index is -1.15. The molecule has 10 heteroatoms. The first-order valence-electron chi connectivity index (χ1n) is 9.29. The molecule has 1 aromatic carbocycles. The molecule has 0 unspecified atom stereocenters. The average molecular weight is 423 g/mol. The van der Waals surface area contributed by atoms with Crippen molar-refractivity contribution in [3.63, 3.8) is 0 Å². The maximum atomic E-state index is 11.8. The van der Waals surface area contributed by atoms with Crippen molar-refractivity contribution in [2.24, 2.45) is 0 Å². The Morgan fingerprint density at radius 2 is 1.50 bits per heavy atom. The molecule has 1 N–H and O–H groups in total. The fraction of sp³-hybridized carbons (Fsp3) is 0.500. The largest absolute Gasteiger partial charge is 0.463 e. The molecule has 1 aliphatic rings. The number of ether oxygens (including phenoxy) is 5. The van der Waals surface area contributed by atoms with E-state index in [9.17, 15) is 19.2 Å². The van der Waals surface area contributed by atoms with E-state index >= 15 is 0 Å². The maximum Gasteiger partial charge on any atom is 0.303 e. The van der Waals surface area contributed by atoms with E-state index in [-0.39, 0.29) is 6.61 Å². The van der Waals surface area contributed by atoms with Gasteiger partial charge in [-0.2, -0.15) is 0 Å². The predicted octanol–water partition coefficient (Wildman–Crippen LogP) is 0.721. The zero-order valence-electron chi connectivity index (χ0n) is 17.2. The number of rotatable bonds is 7. The van der Waals surface area contributed by atoms with Gasteiger partial charge in [0.25, 0.3) is 0 Å². The van der Waals surface area contributed by atoms with Crippen LogP contribution in [0, 0.1) is 0 Å². The van der Waals surface area contributed by atoms with Crippen molar-refractivity contribution in [2.75, 3.05) is 6.61 Å². The summed E-state index contributed by atoms with van der Waals surface area (Å²) in [7, 11) is 0. The Morgan fingerprint density at radius 1 is 0.900 bits per heavy atom. The average Bonchev–Trinajstić information content (AvgIpc) is 2.64. The van der Waals surface area contributed by atoms with Crippen LogP contribution in [0.15, 0.2) is 30.3 Å². The molecule has 1 aliphatic heterocycles. The number of benzene rings is 1. The number of carbonyl (C=O) groups is 4. The lowest BCUT2D eigenvalue weighted by Crippen LogP contribution is -2.67.